The van der Waals surface area contributed by atoms with E-state index in [9.17, 15) is 8.42 Å². The summed E-state index contributed by atoms with van der Waals surface area (Å²) in [6, 6.07) is 7.60. The maximum atomic E-state index is 12.3. The Kier molecular flexibility index (Phi) is 2.83. The average molecular weight is 267 g/mol. The lowest BCUT2D eigenvalue weighted by molar-refractivity contribution is 0.238. The van der Waals surface area contributed by atoms with E-state index in [0.717, 1.165) is 17.7 Å². The summed E-state index contributed by atoms with van der Waals surface area (Å²) in [5.74, 6) is 1.02. The Morgan fingerprint density at radius 3 is 2.94 bits per heavy atom. The van der Waals surface area contributed by atoms with Crippen LogP contribution < -0.4 is 10.1 Å². The van der Waals surface area contributed by atoms with Crippen molar-refractivity contribution in [2.75, 3.05) is 12.4 Å². The maximum absolute atomic E-state index is 12.3. The molecule has 1 fully saturated rings. The number of benzene rings is 1. The van der Waals surface area contributed by atoms with Gasteiger partial charge in [-0.3, -0.25) is 0 Å². The van der Waals surface area contributed by atoms with Gasteiger partial charge in [-0.15, -0.1) is 0 Å². The minimum absolute atomic E-state index is 0.0439. The second-order valence-electron chi connectivity index (χ2n) is 4.97. The van der Waals surface area contributed by atoms with Crippen LogP contribution in [0.4, 0.5) is 0 Å². The largest absolute Gasteiger partial charge is 0.492 e. The summed E-state index contributed by atoms with van der Waals surface area (Å²) in [6.07, 6.45) is 0.825. The highest BCUT2D eigenvalue weighted by Crippen LogP contribution is 2.37. The van der Waals surface area contributed by atoms with Crippen LogP contribution >= 0.6 is 0 Å². The lowest BCUT2D eigenvalue weighted by atomic mass is 9.98. The fourth-order valence-corrected chi connectivity index (χ4v) is 4.84. The molecule has 1 saturated heterocycles. The minimum atomic E-state index is -3.08. The van der Waals surface area contributed by atoms with Crippen LogP contribution in [0, 0.1) is 0 Å². The molecule has 0 aromatic heterocycles. The summed E-state index contributed by atoms with van der Waals surface area (Å²) in [7, 11) is -3.08. The highest BCUT2D eigenvalue weighted by atomic mass is 32.2. The minimum Gasteiger partial charge on any atom is -0.492 e. The molecule has 5 heteroatoms. The predicted octanol–water partition coefficient (Wildman–Crippen LogP) is 1.29. The summed E-state index contributed by atoms with van der Waals surface area (Å²) in [5, 5.41) is 3.01. The lowest BCUT2D eigenvalue weighted by Gasteiger charge is -2.40. The molecule has 0 amide bonds. The van der Waals surface area contributed by atoms with Crippen molar-refractivity contribution in [1.82, 2.24) is 5.32 Å². The molecule has 3 rings (SSSR count). The first-order chi connectivity index (χ1) is 8.62. The monoisotopic (exact) mass is 267 g/mol. The van der Waals surface area contributed by atoms with Crippen molar-refractivity contribution in [3.63, 3.8) is 0 Å². The number of hydrogen-bond acceptors (Lipinski definition) is 4. The molecule has 1 aromatic rings. The van der Waals surface area contributed by atoms with Crippen LogP contribution in [0.2, 0.25) is 0 Å². The molecular weight excluding hydrogens is 250 g/mol. The zero-order chi connectivity index (χ0) is 12.8. The van der Waals surface area contributed by atoms with Gasteiger partial charge in [0.2, 0.25) is 0 Å². The van der Waals surface area contributed by atoms with Crippen molar-refractivity contribution in [3.05, 3.63) is 29.8 Å². The van der Waals surface area contributed by atoms with Gasteiger partial charge in [0.25, 0.3) is 0 Å². The van der Waals surface area contributed by atoms with E-state index in [1.54, 1.807) is 0 Å². The standard InChI is InChI=1S/C13H17NO3S/c1-2-9-8-18(15,16)12-7-17-11-6-4-3-5-10(11)13(12)14-9/h3-6,9,12-14H,2,7-8H2,1H3. The first-order valence-corrected chi connectivity index (χ1v) is 8.02. The molecule has 2 aliphatic heterocycles. The van der Waals surface area contributed by atoms with Crippen molar-refractivity contribution in [2.45, 2.75) is 30.7 Å². The third kappa shape index (κ3) is 1.82. The van der Waals surface area contributed by atoms with E-state index in [1.807, 2.05) is 31.2 Å². The molecule has 1 N–H and O–H groups in total. The van der Waals surface area contributed by atoms with Crippen molar-refractivity contribution in [1.29, 1.82) is 0 Å². The van der Waals surface area contributed by atoms with Crippen LogP contribution in [0.15, 0.2) is 24.3 Å². The van der Waals surface area contributed by atoms with E-state index in [2.05, 4.69) is 5.32 Å². The molecule has 0 aliphatic carbocycles. The Morgan fingerprint density at radius 2 is 2.17 bits per heavy atom. The fraction of sp³-hybridized carbons (Fsp3) is 0.538. The van der Waals surface area contributed by atoms with Crippen molar-refractivity contribution in [3.8, 4) is 5.75 Å². The summed E-state index contributed by atoms with van der Waals surface area (Å²) in [5.41, 5.74) is 0.968. The zero-order valence-electron chi connectivity index (χ0n) is 10.3. The molecule has 0 radical (unpaired) electrons. The molecule has 4 nitrogen and oxygen atoms in total. The second kappa shape index (κ2) is 4.24. The van der Waals surface area contributed by atoms with Crippen LogP contribution in [-0.4, -0.2) is 32.1 Å². The average Bonchev–Trinajstić information content (AvgIpc) is 2.37. The van der Waals surface area contributed by atoms with Crippen LogP contribution in [0.3, 0.4) is 0 Å². The Bertz CT molecular complexity index is 555. The van der Waals surface area contributed by atoms with Gasteiger partial charge in [-0.1, -0.05) is 25.1 Å². The van der Waals surface area contributed by atoms with E-state index in [1.165, 1.54) is 0 Å². The molecular formula is C13H17NO3S. The van der Waals surface area contributed by atoms with Crippen LogP contribution in [0.25, 0.3) is 0 Å². The summed E-state index contributed by atoms with van der Waals surface area (Å²) >= 11 is 0. The van der Waals surface area contributed by atoms with Gasteiger partial charge in [0.15, 0.2) is 9.84 Å². The first-order valence-electron chi connectivity index (χ1n) is 6.31. The summed E-state index contributed by atoms with van der Waals surface area (Å²) < 4.78 is 30.1. The van der Waals surface area contributed by atoms with Crippen LogP contribution in [0.1, 0.15) is 24.9 Å². The molecule has 0 spiro atoms. The van der Waals surface area contributed by atoms with Gasteiger partial charge in [0.1, 0.15) is 17.6 Å². The third-order valence-electron chi connectivity index (χ3n) is 3.83. The number of para-hydroxylation sites is 1. The van der Waals surface area contributed by atoms with E-state index >= 15 is 0 Å². The van der Waals surface area contributed by atoms with E-state index < -0.39 is 15.1 Å². The molecule has 98 valence electrons. The van der Waals surface area contributed by atoms with E-state index in [-0.39, 0.29) is 24.4 Å². The molecule has 0 saturated carbocycles. The van der Waals surface area contributed by atoms with Crippen LogP contribution in [0.5, 0.6) is 5.75 Å². The Morgan fingerprint density at radius 1 is 1.39 bits per heavy atom. The summed E-state index contributed by atoms with van der Waals surface area (Å²) in [6.45, 7) is 2.27. The van der Waals surface area contributed by atoms with E-state index in [0.29, 0.717) is 0 Å². The second-order valence-corrected chi connectivity index (χ2v) is 7.23. The molecule has 0 bridgehead atoms. The molecule has 3 unspecified atom stereocenters. The quantitative estimate of drug-likeness (QED) is 0.833. The van der Waals surface area contributed by atoms with Gasteiger partial charge in [-0.05, 0) is 12.5 Å². The van der Waals surface area contributed by atoms with Crippen molar-refractivity contribution < 1.29 is 13.2 Å². The smallest absolute Gasteiger partial charge is 0.159 e. The van der Waals surface area contributed by atoms with Crippen LogP contribution in [-0.2, 0) is 9.84 Å². The number of sulfone groups is 1. The SMILES string of the molecule is CCC1CS(=O)(=O)C2COc3ccccc3C2N1. The first kappa shape index (κ1) is 12.0. The number of nitrogens with one attached hydrogen (secondary N) is 1. The van der Waals surface area contributed by atoms with Crippen molar-refractivity contribution in [2.24, 2.45) is 0 Å². The van der Waals surface area contributed by atoms with Gasteiger partial charge in [0.05, 0.1) is 11.8 Å². The topological polar surface area (TPSA) is 55.4 Å². The molecule has 18 heavy (non-hydrogen) atoms. The zero-order valence-corrected chi connectivity index (χ0v) is 11.1. The molecule has 1 aromatic carbocycles. The number of fused-ring (bicyclic) bond motifs is 3. The maximum Gasteiger partial charge on any atom is 0.159 e. The Hall–Kier alpha value is -1.07. The Labute approximate surface area is 107 Å². The number of rotatable bonds is 1. The fourth-order valence-electron chi connectivity index (χ4n) is 2.79. The lowest BCUT2D eigenvalue weighted by Crippen LogP contribution is -2.55. The number of hydrogen-bond donors (Lipinski definition) is 1. The molecule has 2 aliphatic rings. The number of ether oxygens (including phenoxy) is 1. The van der Waals surface area contributed by atoms with Gasteiger partial charge in [-0.25, -0.2) is 8.42 Å². The highest BCUT2D eigenvalue weighted by Gasteiger charge is 2.44. The van der Waals surface area contributed by atoms with Gasteiger partial charge in [0, 0.05) is 11.6 Å². The normalized spacial score (nSPS) is 33.1. The summed E-state index contributed by atoms with van der Waals surface area (Å²) in [4.78, 5) is 0. The van der Waals surface area contributed by atoms with Crippen molar-refractivity contribution >= 4 is 9.84 Å². The predicted molar refractivity (Wildman–Crippen MR) is 69.5 cm³/mol. The molecule has 2 heterocycles. The highest BCUT2D eigenvalue weighted by molar-refractivity contribution is 7.92. The molecule has 3 atom stereocenters. The van der Waals surface area contributed by atoms with Gasteiger partial charge >= 0.3 is 0 Å². The van der Waals surface area contributed by atoms with Gasteiger partial charge < -0.3 is 10.1 Å². The third-order valence-corrected chi connectivity index (χ3v) is 6.03. The Balaban J connectivity index is 2.04. The van der Waals surface area contributed by atoms with E-state index in [4.69, 9.17) is 4.74 Å². The van der Waals surface area contributed by atoms with Gasteiger partial charge in [-0.2, -0.15) is 0 Å².